The van der Waals surface area contributed by atoms with Crippen molar-refractivity contribution in [2.75, 3.05) is 44.2 Å². The van der Waals surface area contributed by atoms with Crippen LogP contribution in [-0.2, 0) is 0 Å². The highest BCUT2D eigenvalue weighted by atomic mass is 16.2. The Morgan fingerprint density at radius 3 is 2.35 bits per heavy atom. The van der Waals surface area contributed by atoms with Crippen LogP contribution >= 0.6 is 0 Å². The second kappa shape index (κ2) is 9.35. The number of piperazine rings is 1. The lowest BCUT2D eigenvalue weighted by Gasteiger charge is -2.40. The molecule has 6 heteroatoms. The van der Waals surface area contributed by atoms with Crippen LogP contribution in [0.15, 0.2) is 36.7 Å². The first-order valence-electron chi connectivity index (χ1n) is 12.0. The van der Waals surface area contributed by atoms with Gasteiger partial charge in [0.1, 0.15) is 5.69 Å². The van der Waals surface area contributed by atoms with E-state index in [0.29, 0.717) is 0 Å². The third-order valence-corrected chi connectivity index (χ3v) is 7.16. The Morgan fingerprint density at radius 1 is 0.839 bits per heavy atom. The monoisotopic (exact) mass is 419 g/mol. The summed E-state index contributed by atoms with van der Waals surface area (Å²) in [4.78, 5) is 29.5. The molecule has 2 aliphatic heterocycles. The van der Waals surface area contributed by atoms with Crippen LogP contribution in [0.25, 0.3) is 11.3 Å². The molecule has 2 aromatic rings. The Morgan fingerprint density at radius 2 is 1.58 bits per heavy atom. The van der Waals surface area contributed by atoms with Gasteiger partial charge in [-0.05, 0) is 37.8 Å². The predicted molar refractivity (Wildman–Crippen MR) is 123 cm³/mol. The topological polar surface area (TPSA) is 52.6 Å². The molecule has 0 atom stereocenters. The summed E-state index contributed by atoms with van der Waals surface area (Å²) in [7, 11) is 0. The molecule has 3 heterocycles. The number of aromatic nitrogens is 2. The summed E-state index contributed by atoms with van der Waals surface area (Å²) in [5.41, 5.74) is 2.60. The Kier molecular flexibility index (Phi) is 6.16. The summed E-state index contributed by atoms with van der Waals surface area (Å²) in [5, 5.41) is 0. The lowest BCUT2D eigenvalue weighted by Crippen LogP contribution is -2.52. The van der Waals surface area contributed by atoms with E-state index in [1.165, 1.54) is 44.9 Å². The van der Waals surface area contributed by atoms with Gasteiger partial charge in [0.15, 0.2) is 5.82 Å². The highest BCUT2D eigenvalue weighted by Crippen LogP contribution is 2.30. The van der Waals surface area contributed by atoms with Crippen LogP contribution in [0, 0.1) is 0 Å². The van der Waals surface area contributed by atoms with Gasteiger partial charge >= 0.3 is 0 Å². The van der Waals surface area contributed by atoms with E-state index in [0.717, 1.165) is 67.9 Å². The van der Waals surface area contributed by atoms with Gasteiger partial charge in [-0.25, -0.2) is 4.98 Å². The van der Waals surface area contributed by atoms with Crippen LogP contribution in [0.1, 0.15) is 55.3 Å². The molecular weight excluding hydrogens is 386 g/mol. The van der Waals surface area contributed by atoms with Crippen molar-refractivity contribution in [2.24, 2.45) is 0 Å². The van der Waals surface area contributed by atoms with E-state index >= 15 is 0 Å². The molecule has 0 spiro atoms. The van der Waals surface area contributed by atoms with Gasteiger partial charge in [0.2, 0.25) is 0 Å². The summed E-state index contributed by atoms with van der Waals surface area (Å²) in [6.45, 7) is 5.69. The number of benzene rings is 1. The highest BCUT2D eigenvalue weighted by molar-refractivity contribution is 5.95. The number of rotatable bonds is 4. The van der Waals surface area contributed by atoms with Gasteiger partial charge in [-0.1, -0.05) is 31.4 Å². The number of hydrogen-bond donors (Lipinski definition) is 0. The SMILES string of the molecule is O=C(c1cccc(-c2nccnc2N2CCCC2)c1)N1CCN(C2CCCCC2)CC1. The molecule has 0 N–H and O–H groups in total. The second-order valence-corrected chi connectivity index (χ2v) is 9.12. The van der Waals surface area contributed by atoms with Gasteiger partial charge in [0.05, 0.1) is 0 Å². The van der Waals surface area contributed by atoms with Crippen LogP contribution in [0.3, 0.4) is 0 Å². The van der Waals surface area contributed by atoms with E-state index in [1.807, 2.05) is 29.2 Å². The van der Waals surface area contributed by atoms with Gasteiger partial charge in [0, 0.05) is 68.8 Å². The number of carbonyl (C=O) groups excluding carboxylic acids is 1. The molecule has 3 aliphatic rings. The largest absolute Gasteiger partial charge is 0.355 e. The van der Waals surface area contributed by atoms with Crippen LogP contribution < -0.4 is 4.90 Å². The number of anilines is 1. The number of carbonyl (C=O) groups is 1. The third-order valence-electron chi connectivity index (χ3n) is 7.16. The molecule has 5 rings (SSSR count). The molecule has 1 amide bonds. The highest BCUT2D eigenvalue weighted by Gasteiger charge is 2.28. The maximum absolute atomic E-state index is 13.3. The predicted octanol–water partition coefficient (Wildman–Crippen LogP) is 3.83. The minimum Gasteiger partial charge on any atom is -0.355 e. The average molecular weight is 420 g/mol. The maximum atomic E-state index is 13.3. The molecule has 31 heavy (non-hydrogen) atoms. The molecule has 2 saturated heterocycles. The van der Waals surface area contributed by atoms with Crippen molar-refractivity contribution in [3.8, 4) is 11.3 Å². The minimum absolute atomic E-state index is 0.136. The van der Waals surface area contributed by atoms with E-state index in [2.05, 4.69) is 19.8 Å². The molecule has 1 saturated carbocycles. The van der Waals surface area contributed by atoms with Crippen molar-refractivity contribution in [3.05, 3.63) is 42.2 Å². The Balaban J connectivity index is 1.29. The van der Waals surface area contributed by atoms with Crippen LogP contribution in [0.4, 0.5) is 5.82 Å². The number of nitrogens with zero attached hydrogens (tertiary/aromatic N) is 5. The molecule has 1 aromatic heterocycles. The zero-order valence-corrected chi connectivity index (χ0v) is 18.4. The molecule has 1 aromatic carbocycles. The first-order valence-corrected chi connectivity index (χ1v) is 12.0. The molecule has 164 valence electrons. The van der Waals surface area contributed by atoms with Crippen molar-refractivity contribution < 1.29 is 4.79 Å². The average Bonchev–Trinajstić information content (AvgIpc) is 3.39. The summed E-state index contributed by atoms with van der Waals surface area (Å²) in [5.74, 6) is 1.07. The molecular formula is C25H33N5O. The number of hydrogen-bond acceptors (Lipinski definition) is 5. The quantitative estimate of drug-likeness (QED) is 0.754. The van der Waals surface area contributed by atoms with Crippen LogP contribution in [0.2, 0.25) is 0 Å². The third kappa shape index (κ3) is 4.45. The Hall–Kier alpha value is -2.47. The normalized spacial score (nSPS) is 20.9. The summed E-state index contributed by atoms with van der Waals surface area (Å²) in [6.07, 6.45) is 12.7. The van der Waals surface area contributed by atoms with Gasteiger partial charge in [-0.3, -0.25) is 14.7 Å². The van der Waals surface area contributed by atoms with Gasteiger partial charge in [0.25, 0.3) is 5.91 Å². The van der Waals surface area contributed by atoms with E-state index in [1.54, 1.807) is 12.4 Å². The summed E-state index contributed by atoms with van der Waals surface area (Å²) < 4.78 is 0. The standard InChI is InChI=1S/C25H33N5O/c31-25(30-17-15-28(16-18-30)22-9-2-1-3-10-22)21-8-6-7-20(19-21)23-24(27-12-11-26-23)29-13-4-5-14-29/h6-8,11-12,19,22H,1-5,9-10,13-18H2. The maximum Gasteiger partial charge on any atom is 0.253 e. The van der Waals surface area contributed by atoms with Crippen LogP contribution in [0.5, 0.6) is 0 Å². The number of amides is 1. The fourth-order valence-electron chi connectivity index (χ4n) is 5.41. The van der Waals surface area contributed by atoms with Gasteiger partial charge < -0.3 is 9.80 Å². The molecule has 0 bridgehead atoms. The molecule has 0 radical (unpaired) electrons. The van der Waals surface area contributed by atoms with Crippen LogP contribution in [-0.4, -0.2) is 71.0 Å². The van der Waals surface area contributed by atoms with E-state index in [9.17, 15) is 4.79 Å². The molecule has 0 unspecified atom stereocenters. The lowest BCUT2D eigenvalue weighted by molar-refractivity contribution is 0.0523. The molecule has 6 nitrogen and oxygen atoms in total. The zero-order valence-electron chi connectivity index (χ0n) is 18.4. The first-order chi connectivity index (χ1) is 15.3. The Labute approximate surface area is 185 Å². The summed E-state index contributed by atoms with van der Waals surface area (Å²) in [6, 6.07) is 8.69. The van der Waals surface area contributed by atoms with E-state index < -0.39 is 0 Å². The Bertz CT molecular complexity index is 896. The molecule has 1 aliphatic carbocycles. The van der Waals surface area contributed by atoms with Crippen molar-refractivity contribution >= 4 is 11.7 Å². The zero-order chi connectivity index (χ0) is 21.0. The van der Waals surface area contributed by atoms with E-state index in [-0.39, 0.29) is 5.91 Å². The fourth-order valence-corrected chi connectivity index (χ4v) is 5.41. The van der Waals surface area contributed by atoms with Gasteiger partial charge in [-0.2, -0.15) is 0 Å². The first kappa shape index (κ1) is 20.4. The van der Waals surface area contributed by atoms with Crippen molar-refractivity contribution in [2.45, 2.75) is 51.0 Å². The van der Waals surface area contributed by atoms with Gasteiger partial charge in [-0.15, -0.1) is 0 Å². The lowest BCUT2D eigenvalue weighted by atomic mass is 9.94. The smallest absolute Gasteiger partial charge is 0.253 e. The van der Waals surface area contributed by atoms with Crippen molar-refractivity contribution in [1.29, 1.82) is 0 Å². The molecule has 3 fully saturated rings. The minimum atomic E-state index is 0.136. The second-order valence-electron chi connectivity index (χ2n) is 9.12. The summed E-state index contributed by atoms with van der Waals surface area (Å²) >= 11 is 0. The fraction of sp³-hybridized carbons (Fsp3) is 0.560. The van der Waals surface area contributed by atoms with Crippen molar-refractivity contribution in [1.82, 2.24) is 19.8 Å². The van der Waals surface area contributed by atoms with Crippen molar-refractivity contribution in [3.63, 3.8) is 0 Å². The van der Waals surface area contributed by atoms with E-state index in [4.69, 9.17) is 0 Å².